The number of amides is 1. The molecule has 0 N–H and O–H groups in total. The van der Waals surface area contributed by atoms with Crippen LogP contribution in [0, 0.1) is 12.3 Å². The molecule has 1 heterocycles. The van der Waals surface area contributed by atoms with Crippen LogP contribution in [0.4, 0.5) is 4.79 Å². The van der Waals surface area contributed by atoms with Gasteiger partial charge in [-0.15, -0.1) is 12.3 Å². The molecular formula is C15H17NO3. The zero-order valence-electron chi connectivity index (χ0n) is 10.7. The molecule has 1 amide bonds. The molecule has 1 aliphatic heterocycles. The Balaban J connectivity index is 1.81. The Bertz CT molecular complexity index is 452. The number of rotatable bonds is 3. The largest absolute Gasteiger partial charge is 0.445 e. The third kappa shape index (κ3) is 4.01. The molecule has 0 spiro atoms. The lowest BCUT2D eigenvalue weighted by atomic mass is 10.2. The predicted octanol–water partition coefficient (Wildman–Crippen LogP) is 2.05. The second-order valence-electron chi connectivity index (χ2n) is 4.39. The monoisotopic (exact) mass is 259 g/mol. The maximum absolute atomic E-state index is 11.9. The van der Waals surface area contributed by atoms with Gasteiger partial charge in [-0.2, -0.15) is 0 Å². The van der Waals surface area contributed by atoms with Crippen LogP contribution in [0.5, 0.6) is 0 Å². The van der Waals surface area contributed by atoms with Crippen molar-refractivity contribution in [1.29, 1.82) is 0 Å². The topological polar surface area (TPSA) is 38.8 Å². The van der Waals surface area contributed by atoms with Gasteiger partial charge in [-0.05, 0) is 5.56 Å². The fraction of sp³-hybridized carbons (Fsp3) is 0.400. The lowest BCUT2D eigenvalue weighted by Crippen LogP contribution is -2.45. The van der Waals surface area contributed by atoms with Crippen LogP contribution >= 0.6 is 0 Å². The minimum Gasteiger partial charge on any atom is -0.445 e. The number of hydrogen-bond acceptors (Lipinski definition) is 3. The average molecular weight is 259 g/mol. The van der Waals surface area contributed by atoms with Gasteiger partial charge >= 0.3 is 6.09 Å². The summed E-state index contributed by atoms with van der Waals surface area (Å²) in [5.41, 5.74) is 0.976. The maximum atomic E-state index is 11.9. The van der Waals surface area contributed by atoms with Gasteiger partial charge in [0.1, 0.15) is 6.61 Å². The Morgan fingerprint density at radius 3 is 3.00 bits per heavy atom. The molecule has 0 aromatic heterocycles. The van der Waals surface area contributed by atoms with Crippen LogP contribution in [0.3, 0.4) is 0 Å². The van der Waals surface area contributed by atoms with E-state index in [-0.39, 0.29) is 18.8 Å². The molecule has 1 aromatic carbocycles. The number of terminal acetylenes is 1. The highest BCUT2D eigenvalue weighted by atomic mass is 16.6. The predicted molar refractivity (Wildman–Crippen MR) is 71.4 cm³/mol. The SMILES string of the molecule is C#CCC1CN(C(=O)OCc2ccccc2)CCO1. The molecule has 2 rings (SSSR count). The summed E-state index contributed by atoms with van der Waals surface area (Å²) < 4.78 is 10.7. The highest BCUT2D eigenvalue weighted by Gasteiger charge is 2.24. The molecule has 0 radical (unpaired) electrons. The average Bonchev–Trinajstić information content (AvgIpc) is 2.46. The summed E-state index contributed by atoms with van der Waals surface area (Å²) in [4.78, 5) is 13.6. The van der Waals surface area contributed by atoms with Crippen LogP contribution in [-0.4, -0.2) is 36.8 Å². The zero-order valence-corrected chi connectivity index (χ0v) is 10.7. The zero-order chi connectivity index (χ0) is 13.5. The Labute approximate surface area is 113 Å². The molecule has 1 aromatic rings. The third-order valence-electron chi connectivity index (χ3n) is 2.95. The Morgan fingerprint density at radius 1 is 1.47 bits per heavy atom. The van der Waals surface area contributed by atoms with Gasteiger partial charge in [0, 0.05) is 13.0 Å². The van der Waals surface area contributed by atoms with Crippen LogP contribution in [0.25, 0.3) is 0 Å². The molecule has 100 valence electrons. The molecular weight excluding hydrogens is 242 g/mol. The summed E-state index contributed by atoms with van der Waals surface area (Å²) in [6.45, 7) is 1.84. The number of benzene rings is 1. The number of hydrogen-bond donors (Lipinski definition) is 0. The molecule has 0 bridgehead atoms. The van der Waals surface area contributed by atoms with E-state index in [2.05, 4.69) is 5.92 Å². The van der Waals surface area contributed by atoms with Gasteiger partial charge in [0.15, 0.2) is 0 Å². The number of carbonyl (C=O) groups is 1. The molecule has 0 aliphatic carbocycles. The standard InChI is InChI=1S/C15H17NO3/c1-2-6-14-11-16(9-10-18-14)15(17)19-12-13-7-4-3-5-8-13/h1,3-5,7-8,14H,6,9-12H2. The van der Waals surface area contributed by atoms with E-state index in [1.54, 1.807) is 4.90 Å². The Morgan fingerprint density at radius 2 is 2.26 bits per heavy atom. The summed E-state index contributed by atoms with van der Waals surface area (Å²) >= 11 is 0. The van der Waals surface area contributed by atoms with E-state index >= 15 is 0 Å². The van der Waals surface area contributed by atoms with Crippen molar-refractivity contribution >= 4 is 6.09 Å². The Kier molecular flexibility index (Phi) is 4.82. The summed E-state index contributed by atoms with van der Waals surface area (Å²) in [5.74, 6) is 2.55. The van der Waals surface area contributed by atoms with Gasteiger partial charge in [0.05, 0.1) is 19.3 Å². The van der Waals surface area contributed by atoms with Crippen molar-refractivity contribution in [2.24, 2.45) is 0 Å². The summed E-state index contributed by atoms with van der Waals surface area (Å²) in [5, 5.41) is 0. The first kappa shape index (κ1) is 13.4. The minimum absolute atomic E-state index is 0.0805. The Hall–Kier alpha value is -1.99. The molecule has 1 unspecified atom stereocenters. The highest BCUT2D eigenvalue weighted by Crippen LogP contribution is 2.10. The maximum Gasteiger partial charge on any atom is 0.410 e. The van der Waals surface area contributed by atoms with E-state index in [0.717, 1.165) is 5.56 Å². The van der Waals surface area contributed by atoms with Crippen LogP contribution in [0.1, 0.15) is 12.0 Å². The second-order valence-corrected chi connectivity index (χ2v) is 4.39. The first-order valence-corrected chi connectivity index (χ1v) is 6.30. The first-order valence-electron chi connectivity index (χ1n) is 6.30. The number of carbonyl (C=O) groups excluding carboxylic acids is 1. The van der Waals surface area contributed by atoms with Gasteiger partial charge in [0.25, 0.3) is 0 Å². The van der Waals surface area contributed by atoms with E-state index in [1.807, 2.05) is 30.3 Å². The number of morpholine rings is 1. The lowest BCUT2D eigenvalue weighted by molar-refractivity contribution is -0.0254. The molecule has 4 nitrogen and oxygen atoms in total. The highest BCUT2D eigenvalue weighted by molar-refractivity contribution is 5.67. The van der Waals surface area contributed by atoms with Crippen molar-refractivity contribution in [2.75, 3.05) is 19.7 Å². The second kappa shape index (κ2) is 6.81. The van der Waals surface area contributed by atoms with Crippen molar-refractivity contribution in [3.63, 3.8) is 0 Å². The summed E-state index contributed by atoms with van der Waals surface area (Å²) in [7, 11) is 0. The normalized spacial score (nSPS) is 18.7. The summed E-state index contributed by atoms with van der Waals surface area (Å²) in [6, 6.07) is 9.61. The molecule has 1 saturated heterocycles. The van der Waals surface area contributed by atoms with Gasteiger partial charge in [-0.3, -0.25) is 0 Å². The summed E-state index contributed by atoms with van der Waals surface area (Å²) in [6.07, 6.45) is 5.38. The van der Waals surface area contributed by atoms with Gasteiger partial charge in [0.2, 0.25) is 0 Å². The number of nitrogens with zero attached hydrogens (tertiary/aromatic N) is 1. The van der Waals surface area contributed by atoms with E-state index < -0.39 is 0 Å². The van der Waals surface area contributed by atoms with Crippen molar-refractivity contribution in [1.82, 2.24) is 4.90 Å². The van der Waals surface area contributed by atoms with Crippen molar-refractivity contribution in [3.8, 4) is 12.3 Å². The van der Waals surface area contributed by atoms with Crippen LogP contribution < -0.4 is 0 Å². The molecule has 19 heavy (non-hydrogen) atoms. The third-order valence-corrected chi connectivity index (χ3v) is 2.95. The molecule has 1 fully saturated rings. The van der Waals surface area contributed by atoms with Gasteiger partial charge in [-0.1, -0.05) is 30.3 Å². The quantitative estimate of drug-likeness (QED) is 0.780. The fourth-order valence-electron chi connectivity index (χ4n) is 1.95. The smallest absolute Gasteiger partial charge is 0.410 e. The minimum atomic E-state index is -0.311. The van der Waals surface area contributed by atoms with E-state index in [9.17, 15) is 4.79 Å². The fourth-order valence-corrected chi connectivity index (χ4v) is 1.95. The molecule has 0 saturated carbocycles. The van der Waals surface area contributed by atoms with E-state index in [4.69, 9.17) is 15.9 Å². The first-order chi connectivity index (χ1) is 9.29. The molecule has 1 atom stereocenters. The van der Waals surface area contributed by atoms with Gasteiger partial charge in [-0.25, -0.2) is 4.79 Å². The van der Waals surface area contributed by atoms with Crippen molar-refractivity contribution < 1.29 is 14.3 Å². The number of ether oxygens (including phenoxy) is 2. The lowest BCUT2D eigenvalue weighted by Gasteiger charge is -2.31. The van der Waals surface area contributed by atoms with E-state index in [0.29, 0.717) is 26.1 Å². The van der Waals surface area contributed by atoms with Crippen LogP contribution in [-0.2, 0) is 16.1 Å². The van der Waals surface area contributed by atoms with Crippen molar-refractivity contribution in [3.05, 3.63) is 35.9 Å². The van der Waals surface area contributed by atoms with Gasteiger partial charge < -0.3 is 14.4 Å². The molecule has 1 aliphatic rings. The van der Waals surface area contributed by atoms with Crippen molar-refractivity contribution in [2.45, 2.75) is 19.1 Å². The van der Waals surface area contributed by atoms with Crippen LogP contribution in [0.15, 0.2) is 30.3 Å². The van der Waals surface area contributed by atoms with Crippen LogP contribution in [0.2, 0.25) is 0 Å². The van der Waals surface area contributed by atoms with E-state index in [1.165, 1.54) is 0 Å². The molecule has 4 heteroatoms.